The average Bonchev–Trinajstić information content (AvgIpc) is 2.97. The number of aromatic nitrogens is 1. The SMILES string of the molecule is COc1cc([C@@H]2C[C@H]2C(=O)O)ccn1. The highest BCUT2D eigenvalue weighted by atomic mass is 16.5. The maximum Gasteiger partial charge on any atom is 0.307 e. The van der Waals surface area contributed by atoms with Gasteiger partial charge in [0.1, 0.15) is 0 Å². The van der Waals surface area contributed by atoms with Crippen molar-refractivity contribution in [1.29, 1.82) is 0 Å². The molecule has 4 heteroatoms. The van der Waals surface area contributed by atoms with Gasteiger partial charge in [-0.3, -0.25) is 4.79 Å². The van der Waals surface area contributed by atoms with E-state index in [9.17, 15) is 4.79 Å². The summed E-state index contributed by atoms with van der Waals surface area (Å²) in [5.74, 6) is -0.254. The van der Waals surface area contributed by atoms with Crippen molar-refractivity contribution in [2.75, 3.05) is 7.11 Å². The monoisotopic (exact) mass is 193 g/mol. The van der Waals surface area contributed by atoms with Crippen LogP contribution in [0.2, 0.25) is 0 Å². The first-order chi connectivity index (χ1) is 6.72. The smallest absolute Gasteiger partial charge is 0.307 e. The highest BCUT2D eigenvalue weighted by Crippen LogP contribution is 2.47. The Morgan fingerprint density at radius 2 is 2.50 bits per heavy atom. The quantitative estimate of drug-likeness (QED) is 0.785. The lowest BCUT2D eigenvalue weighted by Gasteiger charge is -2.01. The molecule has 0 amide bonds. The van der Waals surface area contributed by atoms with E-state index in [2.05, 4.69) is 4.98 Å². The summed E-state index contributed by atoms with van der Waals surface area (Å²) < 4.78 is 4.97. The topological polar surface area (TPSA) is 59.4 Å². The molecule has 0 aromatic carbocycles. The Hall–Kier alpha value is -1.58. The van der Waals surface area contributed by atoms with Gasteiger partial charge in [-0.15, -0.1) is 0 Å². The van der Waals surface area contributed by atoms with Gasteiger partial charge >= 0.3 is 5.97 Å². The number of nitrogens with zero attached hydrogens (tertiary/aromatic N) is 1. The average molecular weight is 193 g/mol. The van der Waals surface area contributed by atoms with Crippen LogP contribution in [0, 0.1) is 5.92 Å². The Labute approximate surface area is 81.5 Å². The zero-order valence-electron chi connectivity index (χ0n) is 7.80. The van der Waals surface area contributed by atoms with Crippen LogP contribution < -0.4 is 4.74 Å². The number of ether oxygens (including phenoxy) is 1. The molecule has 1 N–H and O–H groups in total. The first kappa shape index (κ1) is 8.99. The van der Waals surface area contributed by atoms with Gasteiger partial charge in [0.05, 0.1) is 13.0 Å². The van der Waals surface area contributed by atoms with Crippen LogP contribution >= 0.6 is 0 Å². The molecule has 1 aliphatic carbocycles. The van der Waals surface area contributed by atoms with Crippen molar-refractivity contribution in [2.24, 2.45) is 5.92 Å². The molecule has 2 atom stereocenters. The molecule has 1 aromatic heterocycles. The minimum atomic E-state index is -0.717. The zero-order chi connectivity index (χ0) is 10.1. The Morgan fingerprint density at radius 1 is 1.71 bits per heavy atom. The molecule has 0 bridgehead atoms. The number of carboxylic acids is 1. The van der Waals surface area contributed by atoms with Gasteiger partial charge in [0.15, 0.2) is 0 Å². The van der Waals surface area contributed by atoms with Gasteiger partial charge < -0.3 is 9.84 Å². The standard InChI is InChI=1S/C10H11NO3/c1-14-9-4-6(2-3-11-9)7-5-8(7)10(12)13/h2-4,7-8H,5H2,1H3,(H,12,13)/t7-,8+/m0/s1. The van der Waals surface area contributed by atoms with Crippen molar-refractivity contribution in [2.45, 2.75) is 12.3 Å². The Bertz CT molecular complexity index is 364. The number of carbonyl (C=O) groups is 1. The molecule has 1 aromatic rings. The number of aliphatic carboxylic acids is 1. The summed E-state index contributed by atoms with van der Waals surface area (Å²) >= 11 is 0. The van der Waals surface area contributed by atoms with Gasteiger partial charge in [0.2, 0.25) is 5.88 Å². The molecular weight excluding hydrogens is 182 g/mol. The molecule has 74 valence electrons. The number of hydrogen-bond acceptors (Lipinski definition) is 3. The molecule has 2 rings (SSSR count). The van der Waals surface area contributed by atoms with E-state index in [1.807, 2.05) is 6.07 Å². The van der Waals surface area contributed by atoms with Gasteiger partial charge in [0.25, 0.3) is 0 Å². The van der Waals surface area contributed by atoms with E-state index in [1.54, 1.807) is 19.4 Å². The third-order valence-corrected chi connectivity index (χ3v) is 2.50. The van der Waals surface area contributed by atoms with Gasteiger partial charge in [-0.25, -0.2) is 4.98 Å². The molecule has 1 saturated carbocycles. The fraction of sp³-hybridized carbons (Fsp3) is 0.400. The van der Waals surface area contributed by atoms with Crippen molar-refractivity contribution in [3.63, 3.8) is 0 Å². The third kappa shape index (κ3) is 1.55. The summed E-state index contributed by atoms with van der Waals surface area (Å²) in [6.45, 7) is 0. The predicted octanol–water partition coefficient (Wildman–Crippen LogP) is 1.28. The zero-order valence-corrected chi connectivity index (χ0v) is 7.80. The highest BCUT2D eigenvalue weighted by Gasteiger charge is 2.44. The molecule has 4 nitrogen and oxygen atoms in total. The van der Waals surface area contributed by atoms with E-state index in [1.165, 1.54) is 0 Å². The number of hydrogen-bond donors (Lipinski definition) is 1. The molecule has 0 unspecified atom stereocenters. The van der Waals surface area contributed by atoms with Crippen molar-refractivity contribution in [1.82, 2.24) is 4.98 Å². The lowest BCUT2D eigenvalue weighted by atomic mass is 10.1. The highest BCUT2D eigenvalue weighted by molar-refractivity contribution is 5.75. The van der Waals surface area contributed by atoms with E-state index in [4.69, 9.17) is 9.84 Å². The van der Waals surface area contributed by atoms with E-state index >= 15 is 0 Å². The Balaban J connectivity index is 2.15. The van der Waals surface area contributed by atoms with Gasteiger partial charge in [-0.05, 0) is 24.0 Å². The lowest BCUT2D eigenvalue weighted by molar-refractivity contribution is -0.138. The van der Waals surface area contributed by atoms with Crippen molar-refractivity contribution >= 4 is 5.97 Å². The minimum Gasteiger partial charge on any atom is -0.481 e. The Morgan fingerprint density at radius 3 is 3.07 bits per heavy atom. The minimum absolute atomic E-state index is 0.143. The molecule has 0 spiro atoms. The van der Waals surface area contributed by atoms with Crippen LogP contribution in [-0.4, -0.2) is 23.2 Å². The Kier molecular flexibility index (Phi) is 2.11. The molecule has 1 fully saturated rings. The fourth-order valence-electron chi connectivity index (χ4n) is 1.60. The fourth-order valence-corrected chi connectivity index (χ4v) is 1.60. The van der Waals surface area contributed by atoms with Gasteiger partial charge in [-0.1, -0.05) is 0 Å². The van der Waals surface area contributed by atoms with Crippen LogP contribution in [-0.2, 0) is 4.79 Å². The normalized spacial score (nSPS) is 24.4. The molecule has 0 aliphatic heterocycles. The second-order valence-corrected chi connectivity index (χ2v) is 3.42. The van der Waals surface area contributed by atoms with Crippen LogP contribution in [0.15, 0.2) is 18.3 Å². The van der Waals surface area contributed by atoms with E-state index in [0.29, 0.717) is 5.88 Å². The van der Waals surface area contributed by atoms with Crippen molar-refractivity contribution < 1.29 is 14.6 Å². The maximum atomic E-state index is 10.7. The van der Waals surface area contributed by atoms with Gasteiger partial charge in [-0.2, -0.15) is 0 Å². The first-order valence-corrected chi connectivity index (χ1v) is 4.45. The summed E-state index contributed by atoms with van der Waals surface area (Å²) in [5, 5.41) is 8.76. The molecule has 0 radical (unpaired) electrons. The lowest BCUT2D eigenvalue weighted by Crippen LogP contribution is -1.99. The molecule has 1 heterocycles. The molecule has 14 heavy (non-hydrogen) atoms. The number of carboxylic acid groups (broad SMARTS) is 1. The van der Waals surface area contributed by atoms with Crippen LogP contribution in [0.4, 0.5) is 0 Å². The second-order valence-electron chi connectivity index (χ2n) is 3.42. The molecule has 1 aliphatic rings. The summed E-state index contributed by atoms with van der Waals surface area (Å²) in [4.78, 5) is 14.6. The summed E-state index contributed by atoms with van der Waals surface area (Å²) in [5.41, 5.74) is 1.00. The van der Waals surface area contributed by atoms with Crippen molar-refractivity contribution in [3.05, 3.63) is 23.9 Å². The second kappa shape index (κ2) is 3.29. The maximum absolute atomic E-state index is 10.7. The van der Waals surface area contributed by atoms with E-state index in [-0.39, 0.29) is 11.8 Å². The summed E-state index contributed by atoms with van der Waals surface area (Å²) in [7, 11) is 1.55. The predicted molar refractivity (Wildman–Crippen MR) is 49.3 cm³/mol. The third-order valence-electron chi connectivity index (χ3n) is 2.50. The van der Waals surface area contributed by atoms with Crippen LogP contribution in [0.3, 0.4) is 0 Å². The number of rotatable bonds is 3. The summed E-state index contributed by atoms with van der Waals surface area (Å²) in [6.07, 6.45) is 2.37. The van der Waals surface area contributed by atoms with Gasteiger partial charge in [0, 0.05) is 12.3 Å². The van der Waals surface area contributed by atoms with Crippen LogP contribution in [0.5, 0.6) is 5.88 Å². The first-order valence-electron chi connectivity index (χ1n) is 4.45. The van der Waals surface area contributed by atoms with Crippen molar-refractivity contribution in [3.8, 4) is 5.88 Å². The number of pyridine rings is 1. The molecular formula is C10H11NO3. The largest absolute Gasteiger partial charge is 0.481 e. The number of methoxy groups -OCH3 is 1. The molecule has 0 saturated heterocycles. The van der Waals surface area contributed by atoms with E-state index in [0.717, 1.165) is 12.0 Å². The summed E-state index contributed by atoms with van der Waals surface area (Å²) in [6, 6.07) is 3.64. The van der Waals surface area contributed by atoms with E-state index < -0.39 is 5.97 Å². The van der Waals surface area contributed by atoms with Crippen LogP contribution in [0.25, 0.3) is 0 Å². The van der Waals surface area contributed by atoms with Crippen LogP contribution in [0.1, 0.15) is 17.9 Å².